The fourth-order valence-corrected chi connectivity index (χ4v) is 3.49. The molecule has 0 bridgehead atoms. The van der Waals surface area contributed by atoms with Crippen LogP contribution in [0.4, 0.5) is 11.8 Å². The number of rotatable bonds is 10. The van der Waals surface area contributed by atoms with E-state index < -0.39 is 0 Å². The monoisotopic (exact) mass is 415 g/mol. The van der Waals surface area contributed by atoms with E-state index >= 15 is 0 Å². The summed E-state index contributed by atoms with van der Waals surface area (Å²) in [5.74, 6) is 1.49. The number of hydrogen-bond donors (Lipinski definition) is 3. The highest BCUT2D eigenvalue weighted by molar-refractivity contribution is 5.91. The molecule has 0 spiro atoms. The van der Waals surface area contributed by atoms with Crippen molar-refractivity contribution in [3.8, 4) is 5.69 Å². The Morgan fingerprint density at radius 3 is 2.65 bits per heavy atom. The van der Waals surface area contributed by atoms with E-state index in [2.05, 4.69) is 91.2 Å². The predicted molar refractivity (Wildman–Crippen MR) is 127 cm³/mol. The van der Waals surface area contributed by atoms with Gasteiger partial charge in [0, 0.05) is 56.0 Å². The highest BCUT2D eigenvalue weighted by atomic mass is 15.1. The van der Waals surface area contributed by atoms with Crippen LogP contribution in [0.2, 0.25) is 0 Å². The molecule has 3 N–H and O–H groups in total. The summed E-state index contributed by atoms with van der Waals surface area (Å²) >= 11 is 0. The Labute approximate surface area is 183 Å². The number of pyridine rings is 1. The number of anilines is 2. The molecule has 160 valence electrons. The fourth-order valence-electron chi connectivity index (χ4n) is 3.49. The average Bonchev–Trinajstić information content (AvgIpc) is 3.29. The molecule has 7 heteroatoms. The minimum atomic E-state index is 0.620. The largest absolute Gasteiger partial charge is 0.369 e. The van der Waals surface area contributed by atoms with Crippen molar-refractivity contribution in [2.24, 2.45) is 0 Å². The normalized spacial score (nSPS) is 11.0. The van der Waals surface area contributed by atoms with E-state index in [-0.39, 0.29) is 0 Å². The molecular formula is C24H29N7. The third-order valence-corrected chi connectivity index (χ3v) is 5.17. The molecule has 0 aliphatic rings. The minimum Gasteiger partial charge on any atom is -0.369 e. The van der Waals surface area contributed by atoms with Gasteiger partial charge < -0.3 is 20.5 Å². The van der Waals surface area contributed by atoms with Gasteiger partial charge in [-0.25, -0.2) is 4.98 Å². The lowest BCUT2D eigenvalue weighted by Gasteiger charge is -2.11. The molecule has 0 unspecified atom stereocenters. The summed E-state index contributed by atoms with van der Waals surface area (Å²) in [5.41, 5.74) is 4.55. The molecule has 0 saturated carbocycles. The molecule has 4 aromatic rings. The number of nitrogens with one attached hydrogen (secondary N) is 3. The van der Waals surface area contributed by atoms with Crippen molar-refractivity contribution in [1.29, 1.82) is 0 Å². The molecular weight excluding hydrogens is 386 g/mol. The topological polar surface area (TPSA) is 79.7 Å². The maximum atomic E-state index is 4.65. The van der Waals surface area contributed by atoms with Gasteiger partial charge in [-0.05, 0) is 66.9 Å². The molecule has 0 aliphatic heterocycles. The summed E-state index contributed by atoms with van der Waals surface area (Å²) < 4.78 is 2.14. The standard InChI is InChI=1S/C24H29N7/c1-3-10-28-23-21-5-4-20(15-22(21)29-24(25-2)30-23)31-14-9-19(17-31)16-27-13-8-18-6-11-26-12-7-18/h4-7,9,11-12,14-15,17,27H,3,8,10,13,16H2,1-2H3,(H2,25,28,29,30). The molecule has 7 nitrogen and oxygen atoms in total. The fraction of sp³-hybridized carbons (Fsp3) is 0.292. The van der Waals surface area contributed by atoms with Crippen LogP contribution in [0.15, 0.2) is 61.2 Å². The summed E-state index contributed by atoms with van der Waals surface area (Å²) in [6.07, 6.45) is 9.98. The van der Waals surface area contributed by atoms with E-state index in [0.29, 0.717) is 5.95 Å². The first-order valence-corrected chi connectivity index (χ1v) is 10.8. The number of nitrogens with zero attached hydrogens (tertiary/aromatic N) is 4. The number of benzene rings is 1. The van der Waals surface area contributed by atoms with Crippen LogP contribution in [-0.4, -0.2) is 39.7 Å². The molecule has 0 radical (unpaired) electrons. The van der Waals surface area contributed by atoms with E-state index in [1.807, 2.05) is 19.4 Å². The van der Waals surface area contributed by atoms with E-state index in [0.717, 1.165) is 54.9 Å². The maximum absolute atomic E-state index is 4.65. The lowest BCUT2D eigenvalue weighted by molar-refractivity contribution is 0.686. The SMILES string of the molecule is CCCNc1nc(NC)nc2cc(-n3ccc(CNCCc4ccncc4)c3)ccc12. The quantitative estimate of drug-likeness (QED) is 0.340. The second kappa shape index (κ2) is 10.0. The van der Waals surface area contributed by atoms with Gasteiger partial charge in [-0.3, -0.25) is 4.98 Å². The van der Waals surface area contributed by atoms with Gasteiger partial charge in [0.25, 0.3) is 0 Å². The van der Waals surface area contributed by atoms with Crippen molar-refractivity contribution in [1.82, 2.24) is 24.8 Å². The Balaban J connectivity index is 1.45. The summed E-state index contributed by atoms with van der Waals surface area (Å²) in [6.45, 7) is 4.79. The Kier molecular flexibility index (Phi) is 6.74. The van der Waals surface area contributed by atoms with Gasteiger partial charge in [0.2, 0.25) is 5.95 Å². The second-order valence-corrected chi connectivity index (χ2v) is 7.48. The summed E-state index contributed by atoms with van der Waals surface area (Å²) in [6, 6.07) is 12.6. The summed E-state index contributed by atoms with van der Waals surface area (Å²) in [7, 11) is 1.84. The molecule has 3 aromatic heterocycles. The van der Waals surface area contributed by atoms with Gasteiger partial charge in [0.1, 0.15) is 5.82 Å². The van der Waals surface area contributed by atoms with Crippen LogP contribution in [0, 0.1) is 0 Å². The smallest absolute Gasteiger partial charge is 0.224 e. The van der Waals surface area contributed by atoms with E-state index in [1.165, 1.54) is 11.1 Å². The first-order valence-electron chi connectivity index (χ1n) is 10.8. The second-order valence-electron chi connectivity index (χ2n) is 7.48. The first kappa shape index (κ1) is 20.8. The van der Waals surface area contributed by atoms with Crippen LogP contribution < -0.4 is 16.0 Å². The Bertz CT molecular complexity index is 1120. The molecule has 0 atom stereocenters. The molecule has 31 heavy (non-hydrogen) atoms. The highest BCUT2D eigenvalue weighted by Crippen LogP contribution is 2.25. The van der Waals surface area contributed by atoms with Gasteiger partial charge in [0.05, 0.1) is 5.52 Å². The van der Waals surface area contributed by atoms with Crippen LogP contribution in [0.3, 0.4) is 0 Å². The van der Waals surface area contributed by atoms with Crippen molar-refractivity contribution in [2.45, 2.75) is 26.3 Å². The molecule has 3 heterocycles. The van der Waals surface area contributed by atoms with Crippen LogP contribution in [-0.2, 0) is 13.0 Å². The van der Waals surface area contributed by atoms with Crippen molar-refractivity contribution in [3.05, 3.63) is 72.3 Å². The van der Waals surface area contributed by atoms with Crippen LogP contribution in [0.25, 0.3) is 16.6 Å². The maximum Gasteiger partial charge on any atom is 0.224 e. The number of aromatic nitrogens is 4. The van der Waals surface area contributed by atoms with E-state index in [9.17, 15) is 0 Å². The number of fused-ring (bicyclic) bond motifs is 1. The summed E-state index contributed by atoms with van der Waals surface area (Å²) in [5, 5.41) is 11.0. The lowest BCUT2D eigenvalue weighted by atomic mass is 10.2. The van der Waals surface area contributed by atoms with E-state index in [1.54, 1.807) is 0 Å². The first-order chi connectivity index (χ1) is 15.3. The van der Waals surface area contributed by atoms with Gasteiger partial charge in [0.15, 0.2) is 0 Å². The van der Waals surface area contributed by atoms with Crippen LogP contribution >= 0.6 is 0 Å². The van der Waals surface area contributed by atoms with Gasteiger partial charge in [-0.1, -0.05) is 6.92 Å². The predicted octanol–water partition coefficient (Wildman–Crippen LogP) is 4.01. The average molecular weight is 416 g/mol. The highest BCUT2D eigenvalue weighted by Gasteiger charge is 2.09. The third kappa shape index (κ3) is 5.19. The molecule has 0 fully saturated rings. The Morgan fingerprint density at radius 2 is 1.84 bits per heavy atom. The minimum absolute atomic E-state index is 0.620. The molecule has 0 saturated heterocycles. The summed E-state index contributed by atoms with van der Waals surface area (Å²) in [4.78, 5) is 13.3. The lowest BCUT2D eigenvalue weighted by Crippen LogP contribution is -2.16. The zero-order chi connectivity index (χ0) is 21.5. The van der Waals surface area contributed by atoms with Gasteiger partial charge in [-0.15, -0.1) is 0 Å². The zero-order valence-corrected chi connectivity index (χ0v) is 18.1. The van der Waals surface area contributed by atoms with Crippen LogP contribution in [0.1, 0.15) is 24.5 Å². The van der Waals surface area contributed by atoms with Gasteiger partial charge in [-0.2, -0.15) is 4.98 Å². The van der Waals surface area contributed by atoms with Crippen LogP contribution in [0.5, 0.6) is 0 Å². The van der Waals surface area contributed by atoms with Crippen molar-refractivity contribution >= 4 is 22.7 Å². The molecule has 1 aromatic carbocycles. The van der Waals surface area contributed by atoms with Crippen molar-refractivity contribution in [2.75, 3.05) is 30.8 Å². The van der Waals surface area contributed by atoms with Crippen molar-refractivity contribution in [3.63, 3.8) is 0 Å². The zero-order valence-electron chi connectivity index (χ0n) is 18.1. The molecule has 0 amide bonds. The third-order valence-electron chi connectivity index (χ3n) is 5.17. The van der Waals surface area contributed by atoms with Crippen molar-refractivity contribution < 1.29 is 0 Å². The Morgan fingerprint density at radius 1 is 0.968 bits per heavy atom. The number of hydrogen-bond acceptors (Lipinski definition) is 6. The Hall–Kier alpha value is -3.45. The van der Waals surface area contributed by atoms with E-state index in [4.69, 9.17) is 0 Å². The van der Waals surface area contributed by atoms with Gasteiger partial charge >= 0.3 is 0 Å². The molecule has 4 rings (SSSR count). The molecule has 0 aliphatic carbocycles.